The van der Waals surface area contributed by atoms with Crippen molar-refractivity contribution < 1.29 is 9.90 Å². The van der Waals surface area contributed by atoms with Crippen LogP contribution in [0.2, 0.25) is 0 Å². The standard InChI is InChI=1S/C11H19NO2/c1-7-3-4-8-6-10(11(13)14)12(2)9(8)5-7/h7-10H,3-6H2,1-2H3,(H,13,14). The summed E-state index contributed by atoms with van der Waals surface area (Å²) in [7, 11) is 1.97. The van der Waals surface area contributed by atoms with Crippen LogP contribution < -0.4 is 0 Å². The van der Waals surface area contributed by atoms with E-state index in [9.17, 15) is 4.79 Å². The summed E-state index contributed by atoms with van der Waals surface area (Å²) in [5.41, 5.74) is 0. The van der Waals surface area contributed by atoms with Gasteiger partial charge in [-0.2, -0.15) is 0 Å². The lowest BCUT2D eigenvalue weighted by molar-refractivity contribution is -0.142. The fourth-order valence-corrected chi connectivity index (χ4v) is 3.15. The Morgan fingerprint density at radius 1 is 1.36 bits per heavy atom. The highest BCUT2D eigenvalue weighted by Crippen LogP contribution is 2.40. The van der Waals surface area contributed by atoms with E-state index in [1.54, 1.807) is 0 Å². The number of carbonyl (C=O) groups is 1. The van der Waals surface area contributed by atoms with Crippen molar-refractivity contribution in [1.29, 1.82) is 0 Å². The third-order valence-electron chi connectivity index (χ3n) is 4.04. The van der Waals surface area contributed by atoms with Crippen molar-refractivity contribution in [2.45, 2.75) is 44.7 Å². The van der Waals surface area contributed by atoms with Gasteiger partial charge < -0.3 is 5.11 Å². The second-order valence-corrected chi connectivity index (χ2v) is 5.00. The van der Waals surface area contributed by atoms with Gasteiger partial charge in [0.2, 0.25) is 0 Å². The van der Waals surface area contributed by atoms with Gasteiger partial charge in [-0.15, -0.1) is 0 Å². The Labute approximate surface area is 85.1 Å². The van der Waals surface area contributed by atoms with Crippen LogP contribution in [0.3, 0.4) is 0 Å². The minimum Gasteiger partial charge on any atom is -0.480 e. The van der Waals surface area contributed by atoms with Crippen LogP contribution in [0.4, 0.5) is 0 Å². The molecule has 3 nitrogen and oxygen atoms in total. The number of carboxylic acids is 1. The average Bonchev–Trinajstić information content (AvgIpc) is 2.44. The maximum absolute atomic E-state index is 11.0. The van der Waals surface area contributed by atoms with Gasteiger partial charge in [-0.1, -0.05) is 13.3 Å². The second-order valence-electron chi connectivity index (χ2n) is 5.00. The molecule has 1 aliphatic heterocycles. The van der Waals surface area contributed by atoms with Gasteiger partial charge >= 0.3 is 5.97 Å². The summed E-state index contributed by atoms with van der Waals surface area (Å²) in [6.45, 7) is 2.28. The van der Waals surface area contributed by atoms with E-state index in [0.29, 0.717) is 12.0 Å². The van der Waals surface area contributed by atoms with E-state index in [-0.39, 0.29) is 6.04 Å². The van der Waals surface area contributed by atoms with Gasteiger partial charge in [-0.25, -0.2) is 0 Å². The summed E-state index contributed by atoms with van der Waals surface area (Å²) in [6, 6.07) is 0.301. The predicted molar refractivity (Wildman–Crippen MR) is 54.1 cm³/mol. The quantitative estimate of drug-likeness (QED) is 0.694. The molecular formula is C11H19NO2. The van der Waals surface area contributed by atoms with Crippen LogP contribution in [0.1, 0.15) is 32.6 Å². The molecule has 0 bridgehead atoms. The minimum atomic E-state index is -0.644. The van der Waals surface area contributed by atoms with E-state index < -0.39 is 5.97 Å². The fourth-order valence-electron chi connectivity index (χ4n) is 3.15. The Hall–Kier alpha value is -0.570. The molecule has 80 valence electrons. The van der Waals surface area contributed by atoms with Crippen LogP contribution in [-0.4, -0.2) is 35.1 Å². The molecule has 3 heteroatoms. The van der Waals surface area contributed by atoms with Crippen molar-refractivity contribution in [3.8, 4) is 0 Å². The summed E-state index contributed by atoms with van der Waals surface area (Å²) in [4.78, 5) is 13.1. The number of hydrogen-bond acceptors (Lipinski definition) is 2. The zero-order valence-corrected chi connectivity index (χ0v) is 8.94. The van der Waals surface area contributed by atoms with Gasteiger partial charge in [0, 0.05) is 6.04 Å². The van der Waals surface area contributed by atoms with Gasteiger partial charge in [-0.05, 0) is 38.1 Å². The molecule has 0 aromatic heterocycles. The highest BCUT2D eigenvalue weighted by molar-refractivity contribution is 5.74. The normalized spacial score (nSPS) is 43.6. The number of likely N-dealkylation sites (N-methyl/N-ethyl adjacent to an activating group) is 1. The van der Waals surface area contributed by atoms with Gasteiger partial charge in [0.15, 0.2) is 0 Å². The third kappa shape index (κ3) is 1.54. The van der Waals surface area contributed by atoms with Crippen LogP contribution >= 0.6 is 0 Å². The van der Waals surface area contributed by atoms with E-state index in [0.717, 1.165) is 12.3 Å². The Morgan fingerprint density at radius 3 is 2.71 bits per heavy atom. The summed E-state index contributed by atoms with van der Waals surface area (Å²) in [5, 5.41) is 9.05. The smallest absolute Gasteiger partial charge is 0.320 e. The monoisotopic (exact) mass is 197 g/mol. The first-order chi connectivity index (χ1) is 6.59. The van der Waals surface area contributed by atoms with E-state index in [1.807, 2.05) is 7.05 Å². The Morgan fingerprint density at radius 2 is 2.07 bits per heavy atom. The molecule has 2 fully saturated rings. The van der Waals surface area contributed by atoms with Crippen LogP contribution in [-0.2, 0) is 4.79 Å². The van der Waals surface area contributed by atoms with E-state index in [1.165, 1.54) is 19.3 Å². The minimum absolute atomic E-state index is 0.227. The van der Waals surface area contributed by atoms with Crippen molar-refractivity contribution in [1.82, 2.24) is 4.90 Å². The number of aliphatic carboxylic acids is 1. The number of likely N-dealkylation sites (tertiary alicyclic amines) is 1. The molecule has 14 heavy (non-hydrogen) atoms. The summed E-state index contributed by atoms with van der Waals surface area (Å²) in [6.07, 6.45) is 4.55. The molecule has 0 radical (unpaired) electrons. The van der Waals surface area contributed by atoms with Crippen LogP contribution in [0.25, 0.3) is 0 Å². The van der Waals surface area contributed by atoms with E-state index >= 15 is 0 Å². The lowest BCUT2D eigenvalue weighted by Gasteiger charge is -2.33. The molecule has 2 rings (SSSR count). The van der Waals surface area contributed by atoms with Gasteiger partial charge in [-0.3, -0.25) is 9.69 Å². The number of fused-ring (bicyclic) bond motifs is 1. The Kier molecular flexibility index (Phi) is 2.52. The van der Waals surface area contributed by atoms with E-state index in [4.69, 9.17) is 5.11 Å². The average molecular weight is 197 g/mol. The third-order valence-corrected chi connectivity index (χ3v) is 4.04. The van der Waals surface area contributed by atoms with Gasteiger partial charge in [0.1, 0.15) is 6.04 Å². The Balaban J connectivity index is 2.09. The zero-order valence-electron chi connectivity index (χ0n) is 8.94. The first-order valence-electron chi connectivity index (χ1n) is 5.54. The molecule has 1 N–H and O–H groups in total. The maximum atomic E-state index is 11.0. The number of hydrogen-bond donors (Lipinski definition) is 1. The molecule has 0 amide bonds. The molecule has 2 aliphatic rings. The van der Waals surface area contributed by atoms with E-state index in [2.05, 4.69) is 11.8 Å². The molecule has 4 unspecified atom stereocenters. The highest BCUT2D eigenvalue weighted by Gasteiger charge is 2.44. The molecule has 0 aromatic rings. The number of rotatable bonds is 1. The number of carboxylic acid groups (broad SMARTS) is 1. The molecule has 1 saturated carbocycles. The molecule has 1 saturated heterocycles. The molecule has 0 aromatic carbocycles. The highest BCUT2D eigenvalue weighted by atomic mass is 16.4. The topological polar surface area (TPSA) is 40.5 Å². The maximum Gasteiger partial charge on any atom is 0.320 e. The zero-order chi connectivity index (χ0) is 10.3. The molecular weight excluding hydrogens is 178 g/mol. The molecule has 1 heterocycles. The van der Waals surface area contributed by atoms with Crippen LogP contribution in [0.5, 0.6) is 0 Å². The summed E-state index contributed by atoms with van der Waals surface area (Å²) >= 11 is 0. The molecule has 0 spiro atoms. The predicted octanol–water partition coefficient (Wildman–Crippen LogP) is 1.58. The van der Waals surface area contributed by atoms with Crippen molar-refractivity contribution >= 4 is 5.97 Å². The number of nitrogens with zero attached hydrogens (tertiary/aromatic N) is 1. The molecule has 1 aliphatic carbocycles. The van der Waals surface area contributed by atoms with Crippen molar-refractivity contribution in [3.63, 3.8) is 0 Å². The largest absolute Gasteiger partial charge is 0.480 e. The van der Waals surface area contributed by atoms with Crippen molar-refractivity contribution in [3.05, 3.63) is 0 Å². The van der Waals surface area contributed by atoms with Crippen LogP contribution in [0.15, 0.2) is 0 Å². The molecule has 4 atom stereocenters. The fraction of sp³-hybridized carbons (Fsp3) is 0.909. The lowest BCUT2D eigenvalue weighted by atomic mass is 9.79. The first-order valence-corrected chi connectivity index (χ1v) is 5.54. The lowest BCUT2D eigenvalue weighted by Crippen LogP contribution is -2.40. The summed E-state index contributed by atoms with van der Waals surface area (Å²) in [5.74, 6) is 0.762. The first kappa shape index (κ1) is 9.97. The van der Waals surface area contributed by atoms with Gasteiger partial charge in [0.25, 0.3) is 0 Å². The van der Waals surface area contributed by atoms with Crippen molar-refractivity contribution in [2.24, 2.45) is 11.8 Å². The second kappa shape index (κ2) is 3.54. The van der Waals surface area contributed by atoms with Crippen LogP contribution in [0, 0.1) is 11.8 Å². The SMILES string of the molecule is CC1CCC2CC(C(=O)O)N(C)C2C1. The van der Waals surface area contributed by atoms with Crippen molar-refractivity contribution in [2.75, 3.05) is 7.05 Å². The van der Waals surface area contributed by atoms with Gasteiger partial charge in [0.05, 0.1) is 0 Å². The Bertz CT molecular complexity index is 241. The summed E-state index contributed by atoms with van der Waals surface area (Å²) < 4.78 is 0.